The summed E-state index contributed by atoms with van der Waals surface area (Å²) in [6.07, 6.45) is -0.910. The number of ether oxygens (including phenoxy) is 1. The molecule has 5 nitrogen and oxygen atoms in total. The highest BCUT2D eigenvalue weighted by Crippen LogP contribution is 2.12. The molecule has 0 bridgehead atoms. The van der Waals surface area contributed by atoms with Crippen LogP contribution in [0, 0.1) is 0 Å². The zero-order valence-electron chi connectivity index (χ0n) is 15.4. The van der Waals surface area contributed by atoms with Crippen LogP contribution in [-0.2, 0) is 9.53 Å². The van der Waals surface area contributed by atoms with E-state index in [1.807, 2.05) is 26.8 Å². The molecule has 26 heavy (non-hydrogen) atoms. The van der Waals surface area contributed by atoms with Crippen molar-refractivity contribution in [1.29, 1.82) is 0 Å². The SMILES string of the molecule is C[C@H](OC(=O)c1ccc(C(=O)c2ccccc2)cc1)C(=O)NC(C)(C)C. The van der Waals surface area contributed by atoms with Crippen molar-refractivity contribution >= 4 is 17.7 Å². The lowest BCUT2D eigenvalue weighted by Gasteiger charge is -2.23. The van der Waals surface area contributed by atoms with Crippen LogP contribution in [0.25, 0.3) is 0 Å². The molecule has 0 aliphatic rings. The van der Waals surface area contributed by atoms with E-state index >= 15 is 0 Å². The van der Waals surface area contributed by atoms with Crippen molar-refractivity contribution in [1.82, 2.24) is 5.32 Å². The van der Waals surface area contributed by atoms with Crippen molar-refractivity contribution in [2.24, 2.45) is 0 Å². The molecule has 2 aromatic carbocycles. The monoisotopic (exact) mass is 353 g/mol. The predicted octanol–water partition coefficient (Wildman–Crippen LogP) is 3.38. The number of rotatable bonds is 5. The third kappa shape index (κ3) is 5.28. The van der Waals surface area contributed by atoms with E-state index in [0.29, 0.717) is 11.1 Å². The van der Waals surface area contributed by atoms with E-state index in [1.54, 1.807) is 36.4 Å². The Morgan fingerprint density at radius 3 is 1.88 bits per heavy atom. The maximum Gasteiger partial charge on any atom is 0.338 e. The molecule has 136 valence electrons. The van der Waals surface area contributed by atoms with E-state index in [-0.39, 0.29) is 17.3 Å². The normalized spacial score (nSPS) is 12.2. The number of carbonyl (C=O) groups is 3. The molecule has 2 aromatic rings. The molecule has 0 saturated carbocycles. The summed E-state index contributed by atoms with van der Waals surface area (Å²) in [5.74, 6) is -1.09. The van der Waals surface area contributed by atoms with Crippen LogP contribution < -0.4 is 5.32 Å². The standard InChI is InChI=1S/C21H23NO4/c1-14(19(24)22-21(2,3)4)26-20(25)17-12-10-16(11-13-17)18(23)15-8-6-5-7-9-15/h5-14H,1-4H3,(H,22,24)/t14-/m0/s1. The Bertz CT molecular complexity index is 789. The van der Waals surface area contributed by atoms with Gasteiger partial charge in [-0.15, -0.1) is 0 Å². The van der Waals surface area contributed by atoms with Crippen LogP contribution in [0.3, 0.4) is 0 Å². The van der Waals surface area contributed by atoms with Gasteiger partial charge in [0.15, 0.2) is 11.9 Å². The number of esters is 1. The fourth-order valence-electron chi connectivity index (χ4n) is 2.27. The number of hydrogen-bond donors (Lipinski definition) is 1. The van der Waals surface area contributed by atoms with Gasteiger partial charge in [-0.05, 0) is 39.8 Å². The second kappa shape index (κ2) is 7.95. The molecule has 0 saturated heterocycles. The van der Waals surface area contributed by atoms with Crippen molar-refractivity contribution < 1.29 is 19.1 Å². The summed E-state index contributed by atoms with van der Waals surface area (Å²) in [4.78, 5) is 36.5. The Labute approximate surface area is 153 Å². The highest BCUT2D eigenvalue weighted by atomic mass is 16.5. The molecular formula is C21H23NO4. The van der Waals surface area contributed by atoms with Gasteiger partial charge in [0.2, 0.25) is 0 Å². The minimum Gasteiger partial charge on any atom is -0.449 e. The van der Waals surface area contributed by atoms with E-state index in [4.69, 9.17) is 4.74 Å². The Morgan fingerprint density at radius 1 is 0.846 bits per heavy atom. The third-order valence-electron chi connectivity index (χ3n) is 3.57. The number of carbonyl (C=O) groups excluding carboxylic acids is 3. The summed E-state index contributed by atoms with van der Waals surface area (Å²) in [6.45, 7) is 7.07. The molecule has 1 atom stereocenters. The topological polar surface area (TPSA) is 72.5 Å². The molecule has 0 aliphatic carbocycles. The number of hydrogen-bond acceptors (Lipinski definition) is 4. The number of ketones is 1. The first-order valence-corrected chi connectivity index (χ1v) is 8.40. The first-order valence-electron chi connectivity index (χ1n) is 8.40. The lowest BCUT2D eigenvalue weighted by molar-refractivity contribution is -0.130. The average molecular weight is 353 g/mol. The third-order valence-corrected chi connectivity index (χ3v) is 3.57. The molecule has 2 rings (SSSR count). The Morgan fingerprint density at radius 2 is 1.35 bits per heavy atom. The summed E-state index contributed by atoms with van der Waals surface area (Å²) >= 11 is 0. The van der Waals surface area contributed by atoms with Gasteiger partial charge in [0.05, 0.1) is 5.56 Å². The first kappa shape index (κ1) is 19.4. The van der Waals surface area contributed by atoms with Gasteiger partial charge in [-0.2, -0.15) is 0 Å². The number of amides is 1. The lowest BCUT2D eigenvalue weighted by atomic mass is 10.0. The van der Waals surface area contributed by atoms with Gasteiger partial charge in [-0.25, -0.2) is 4.79 Å². The smallest absolute Gasteiger partial charge is 0.338 e. The van der Waals surface area contributed by atoms with Crippen LogP contribution in [0.15, 0.2) is 54.6 Å². The first-order chi connectivity index (χ1) is 12.2. The van der Waals surface area contributed by atoms with Gasteiger partial charge in [0.1, 0.15) is 0 Å². The van der Waals surface area contributed by atoms with Crippen LogP contribution in [0.2, 0.25) is 0 Å². The summed E-state index contributed by atoms with van der Waals surface area (Å²) < 4.78 is 5.19. The van der Waals surface area contributed by atoms with Crippen LogP contribution in [0.4, 0.5) is 0 Å². The summed E-state index contributed by atoms with van der Waals surface area (Å²) in [5, 5.41) is 2.76. The van der Waals surface area contributed by atoms with E-state index in [9.17, 15) is 14.4 Å². The van der Waals surface area contributed by atoms with Gasteiger partial charge in [0.25, 0.3) is 5.91 Å². The minimum absolute atomic E-state index is 0.122. The summed E-state index contributed by atoms with van der Waals surface area (Å²) in [7, 11) is 0. The van der Waals surface area contributed by atoms with Crippen LogP contribution >= 0.6 is 0 Å². The molecule has 0 unspecified atom stereocenters. The molecule has 0 fully saturated rings. The molecule has 0 aromatic heterocycles. The van der Waals surface area contributed by atoms with Crippen LogP contribution in [-0.4, -0.2) is 29.3 Å². The highest BCUT2D eigenvalue weighted by Gasteiger charge is 2.23. The fourth-order valence-corrected chi connectivity index (χ4v) is 2.27. The van der Waals surface area contributed by atoms with E-state index in [1.165, 1.54) is 19.1 Å². The molecule has 0 spiro atoms. The number of benzene rings is 2. The molecule has 0 aliphatic heterocycles. The Hall–Kier alpha value is -2.95. The van der Waals surface area contributed by atoms with Crippen molar-refractivity contribution in [3.8, 4) is 0 Å². The Balaban J connectivity index is 2.02. The largest absolute Gasteiger partial charge is 0.449 e. The molecule has 1 N–H and O–H groups in total. The number of nitrogens with one attached hydrogen (secondary N) is 1. The zero-order valence-corrected chi connectivity index (χ0v) is 15.4. The molecule has 0 heterocycles. The predicted molar refractivity (Wildman–Crippen MR) is 99.1 cm³/mol. The summed E-state index contributed by atoms with van der Waals surface area (Å²) in [6, 6.07) is 15.1. The fraction of sp³-hybridized carbons (Fsp3) is 0.286. The average Bonchev–Trinajstić information content (AvgIpc) is 2.60. The maximum atomic E-state index is 12.4. The van der Waals surface area contributed by atoms with Crippen molar-refractivity contribution in [3.63, 3.8) is 0 Å². The Kier molecular flexibility index (Phi) is 5.93. The van der Waals surface area contributed by atoms with Crippen LogP contribution in [0.5, 0.6) is 0 Å². The minimum atomic E-state index is -0.910. The quantitative estimate of drug-likeness (QED) is 0.661. The lowest BCUT2D eigenvalue weighted by Crippen LogP contribution is -2.46. The van der Waals surface area contributed by atoms with Gasteiger partial charge in [-0.1, -0.05) is 42.5 Å². The highest BCUT2D eigenvalue weighted by molar-refractivity contribution is 6.09. The molecular weight excluding hydrogens is 330 g/mol. The van der Waals surface area contributed by atoms with Crippen LogP contribution in [0.1, 0.15) is 54.0 Å². The maximum absolute atomic E-state index is 12.4. The zero-order chi connectivity index (χ0) is 19.3. The molecule has 0 radical (unpaired) electrons. The van der Waals surface area contributed by atoms with Crippen molar-refractivity contribution in [2.45, 2.75) is 39.3 Å². The van der Waals surface area contributed by atoms with Gasteiger partial charge < -0.3 is 10.1 Å². The van der Waals surface area contributed by atoms with Crippen molar-refractivity contribution in [2.75, 3.05) is 0 Å². The molecule has 1 amide bonds. The van der Waals surface area contributed by atoms with E-state index in [2.05, 4.69) is 5.32 Å². The second-order valence-electron chi connectivity index (χ2n) is 7.06. The second-order valence-corrected chi connectivity index (χ2v) is 7.06. The van der Waals surface area contributed by atoms with Gasteiger partial charge >= 0.3 is 5.97 Å². The van der Waals surface area contributed by atoms with Gasteiger partial charge in [-0.3, -0.25) is 9.59 Å². The van der Waals surface area contributed by atoms with Crippen molar-refractivity contribution in [3.05, 3.63) is 71.3 Å². The van der Waals surface area contributed by atoms with Gasteiger partial charge in [0, 0.05) is 16.7 Å². The molecule has 5 heteroatoms. The summed E-state index contributed by atoms with van der Waals surface area (Å²) in [5.41, 5.74) is 0.934. The van der Waals surface area contributed by atoms with E-state index in [0.717, 1.165) is 0 Å². The van der Waals surface area contributed by atoms with E-state index < -0.39 is 17.6 Å².